The Morgan fingerprint density at radius 3 is 2.89 bits per heavy atom. The van der Waals surface area contributed by atoms with Gasteiger partial charge in [0, 0.05) is 12.1 Å². The molecule has 0 N–H and O–H groups in total. The third kappa shape index (κ3) is 3.43. The van der Waals surface area contributed by atoms with E-state index in [-0.39, 0.29) is 5.02 Å². The summed E-state index contributed by atoms with van der Waals surface area (Å²) < 4.78 is 14.9. The molecule has 0 amide bonds. The van der Waals surface area contributed by atoms with Crippen LogP contribution in [0.25, 0.3) is 0 Å². The predicted octanol–water partition coefficient (Wildman–Crippen LogP) is 3.29. The van der Waals surface area contributed by atoms with Crippen molar-refractivity contribution in [2.45, 2.75) is 19.4 Å². The minimum atomic E-state index is -0.420. The lowest BCUT2D eigenvalue weighted by Crippen LogP contribution is -2.00. The highest BCUT2D eigenvalue weighted by Crippen LogP contribution is 2.16. The molecule has 2 aromatic rings. The summed E-state index contributed by atoms with van der Waals surface area (Å²) in [6, 6.07) is 4.71. The fourth-order valence-corrected chi connectivity index (χ4v) is 1.85. The number of hydrogen-bond acceptors (Lipinski definition) is 2. The topological polar surface area (TPSA) is 30.7 Å². The number of halogens is 3. The smallest absolute Gasteiger partial charge is 0.142 e. The summed E-state index contributed by atoms with van der Waals surface area (Å²) in [5.41, 5.74) is 1.69. The molecule has 2 rings (SSSR count). The zero-order valence-electron chi connectivity index (χ0n) is 9.61. The van der Waals surface area contributed by atoms with Crippen molar-refractivity contribution in [1.29, 1.82) is 0 Å². The second kappa shape index (κ2) is 6.16. The summed E-state index contributed by atoms with van der Waals surface area (Å²) in [4.78, 5) is 0. The van der Waals surface area contributed by atoms with Crippen LogP contribution in [0, 0.1) is 5.82 Å². The van der Waals surface area contributed by atoms with E-state index >= 15 is 0 Å². The van der Waals surface area contributed by atoms with Gasteiger partial charge in [-0.05, 0) is 30.5 Å². The highest BCUT2D eigenvalue weighted by molar-refractivity contribution is 6.30. The second-order valence-corrected chi connectivity index (χ2v) is 4.73. The maximum absolute atomic E-state index is 13.3. The largest absolute Gasteiger partial charge is 0.248 e. The van der Waals surface area contributed by atoms with Gasteiger partial charge in [0.2, 0.25) is 0 Å². The molecule has 18 heavy (non-hydrogen) atoms. The Morgan fingerprint density at radius 1 is 1.33 bits per heavy atom. The lowest BCUT2D eigenvalue weighted by Gasteiger charge is -2.01. The Morgan fingerprint density at radius 2 is 2.17 bits per heavy atom. The lowest BCUT2D eigenvalue weighted by molar-refractivity contribution is 0.614. The van der Waals surface area contributed by atoms with Crippen LogP contribution in [0.15, 0.2) is 24.4 Å². The number of alkyl halides is 1. The highest BCUT2D eigenvalue weighted by atomic mass is 35.5. The highest BCUT2D eigenvalue weighted by Gasteiger charge is 2.04. The molecule has 0 aliphatic rings. The second-order valence-electron chi connectivity index (χ2n) is 3.95. The van der Waals surface area contributed by atoms with Gasteiger partial charge >= 0.3 is 0 Å². The van der Waals surface area contributed by atoms with Crippen LogP contribution < -0.4 is 0 Å². The normalized spacial score (nSPS) is 10.8. The molecule has 0 saturated carbocycles. The van der Waals surface area contributed by atoms with Crippen molar-refractivity contribution in [1.82, 2.24) is 15.0 Å². The Balaban J connectivity index is 2.04. The molecule has 0 radical (unpaired) electrons. The number of benzene rings is 1. The van der Waals surface area contributed by atoms with Crippen LogP contribution in [0.3, 0.4) is 0 Å². The van der Waals surface area contributed by atoms with Gasteiger partial charge in [-0.3, -0.25) is 0 Å². The minimum Gasteiger partial charge on any atom is -0.248 e. The number of hydrogen-bond donors (Lipinski definition) is 0. The van der Waals surface area contributed by atoms with Gasteiger partial charge in [0.15, 0.2) is 0 Å². The summed E-state index contributed by atoms with van der Waals surface area (Å²) in [5.74, 6) is 0.187. The van der Waals surface area contributed by atoms with E-state index in [1.54, 1.807) is 10.7 Å². The van der Waals surface area contributed by atoms with Crippen LogP contribution in [-0.2, 0) is 13.0 Å². The Hall–Kier alpha value is -1.13. The molecule has 0 spiro atoms. The molecule has 0 aliphatic heterocycles. The maximum Gasteiger partial charge on any atom is 0.142 e. The molecule has 0 aliphatic carbocycles. The minimum absolute atomic E-state index is 0.125. The van der Waals surface area contributed by atoms with Gasteiger partial charge < -0.3 is 0 Å². The molecule has 0 saturated heterocycles. The van der Waals surface area contributed by atoms with Gasteiger partial charge in [-0.1, -0.05) is 22.9 Å². The predicted molar refractivity (Wildman–Crippen MR) is 69.6 cm³/mol. The molecule has 3 nitrogen and oxygen atoms in total. The average molecular weight is 288 g/mol. The van der Waals surface area contributed by atoms with Gasteiger partial charge in [0.25, 0.3) is 0 Å². The lowest BCUT2D eigenvalue weighted by atomic mass is 10.2. The van der Waals surface area contributed by atoms with Crippen molar-refractivity contribution in [3.8, 4) is 0 Å². The molecular formula is C12H12Cl2FN3. The van der Waals surface area contributed by atoms with Gasteiger partial charge in [0.05, 0.1) is 17.3 Å². The standard InChI is InChI=1S/C12H12Cl2FN3/c13-5-1-2-10-8-18(17-16-10)7-9-3-4-11(14)12(15)6-9/h3-4,6,8H,1-2,5,7H2. The van der Waals surface area contributed by atoms with Crippen LogP contribution >= 0.6 is 23.2 Å². The van der Waals surface area contributed by atoms with E-state index in [1.807, 2.05) is 6.20 Å². The summed E-state index contributed by atoms with van der Waals surface area (Å²) in [7, 11) is 0. The van der Waals surface area contributed by atoms with Crippen LogP contribution in [0.1, 0.15) is 17.7 Å². The monoisotopic (exact) mass is 287 g/mol. The third-order valence-corrected chi connectivity index (χ3v) is 3.06. The number of aryl methyl sites for hydroxylation is 1. The van der Waals surface area contributed by atoms with Crippen molar-refractivity contribution in [2.75, 3.05) is 5.88 Å². The molecule has 96 valence electrons. The molecule has 0 fully saturated rings. The van der Waals surface area contributed by atoms with Crippen molar-refractivity contribution in [3.05, 3.63) is 46.5 Å². The van der Waals surface area contributed by atoms with Crippen molar-refractivity contribution >= 4 is 23.2 Å². The Labute approximate surface area is 115 Å². The summed E-state index contributed by atoms with van der Waals surface area (Å²) >= 11 is 11.2. The maximum atomic E-state index is 13.3. The third-order valence-electron chi connectivity index (χ3n) is 2.48. The molecule has 1 heterocycles. The first-order chi connectivity index (χ1) is 8.69. The molecule has 0 atom stereocenters. The summed E-state index contributed by atoms with van der Waals surface area (Å²) in [5, 5.41) is 8.13. The van der Waals surface area contributed by atoms with Crippen molar-refractivity contribution in [2.24, 2.45) is 0 Å². The molecular weight excluding hydrogens is 276 g/mol. The molecule has 0 unspecified atom stereocenters. The van der Waals surface area contributed by atoms with Gasteiger partial charge in [-0.25, -0.2) is 9.07 Å². The van der Waals surface area contributed by atoms with Crippen LogP contribution in [-0.4, -0.2) is 20.9 Å². The number of nitrogens with zero attached hydrogens (tertiary/aromatic N) is 3. The van der Waals surface area contributed by atoms with Crippen LogP contribution in [0.2, 0.25) is 5.02 Å². The molecule has 0 bridgehead atoms. The quantitative estimate of drug-likeness (QED) is 0.790. The molecule has 1 aromatic carbocycles. The van der Waals surface area contributed by atoms with E-state index in [0.717, 1.165) is 24.1 Å². The average Bonchev–Trinajstić information content (AvgIpc) is 2.79. The number of aromatic nitrogens is 3. The number of rotatable bonds is 5. The van der Waals surface area contributed by atoms with Gasteiger partial charge in [-0.2, -0.15) is 0 Å². The van der Waals surface area contributed by atoms with Gasteiger partial charge in [0.1, 0.15) is 5.82 Å². The van der Waals surface area contributed by atoms with Gasteiger partial charge in [-0.15, -0.1) is 16.7 Å². The Kier molecular flexibility index (Phi) is 4.55. The fourth-order valence-electron chi connectivity index (χ4n) is 1.60. The summed E-state index contributed by atoms with van der Waals surface area (Å²) in [6.45, 7) is 0.474. The molecule has 1 aromatic heterocycles. The zero-order valence-corrected chi connectivity index (χ0v) is 11.1. The fraction of sp³-hybridized carbons (Fsp3) is 0.333. The first-order valence-corrected chi connectivity index (χ1v) is 6.49. The van der Waals surface area contributed by atoms with E-state index in [1.165, 1.54) is 12.1 Å². The SMILES string of the molecule is Fc1cc(Cn2cc(CCCCl)nn2)ccc1Cl. The van der Waals surface area contributed by atoms with E-state index in [2.05, 4.69) is 10.3 Å². The van der Waals surface area contributed by atoms with Crippen LogP contribution in [0.5, 0.6) is 0 Å². The zero-order chi connectivity index (χ0) is 13.0. The summed E-state index contributed by atoms with van der Waals surface area (Å²) in [6.07, 6.45) is 3.52. The van der Waals surface area contributed by atoms with E-state index in [0.29, 0.717) is 12.4 Å². The van der Waals surface area contributed by atoms with Crippen molar-refractivity contribution < 1.29 is 4.39 Å². The first-order valence-electron chi connectivity index (χ1n) is 5.58. The van der Waals surface area contributed by atoms with E-state index < -0.39 is 5.82 Å². The first kappa shape index (κ1) is 13.3. The van der Waals surface area contributed by atoms with E-state index in [4.69, 9.17) is 23.2 Å². The van der Waals surface area contributed by atoms with Crippen molar-refractivity contribution in [3.63, 3.8) is 0 Å². The Bertz CT molecular complexity index is 528. The molecule has 6 heteroatoms. The van der Waals surface area contributed by atoms with E-state index in [9.17, 15) is 4.39 Å². The van der Waals surface area contributed by atoms with Crippen LogP contribution in [0.4, 0.5) is 4.39 Å².